The monoisotopic (exact) mass is 219 g/mol. The first-order valence-electron chi connectivity index (χ1n) is 6.25. The van der Waals surface area contributed by atoms with Crippen molar-refractivity contribution in [1.82, 2.24) is 4.98 Å². The summed E-state index contributed by atoms with van der Waals surface area (Å²) in [6.45, 7) is 4.22. The Labute approximate surface area is 97.7 Å². The largest absolute Gasteiger partial charge is 0.396 e. The van der Waals surface area contributed by atoms with Gasteiger partial charge >= 0.3 is 0 Å². The first-order valence-corrected chi connectivity index (χ1v) is 6.25. The molecule has 3 heteroatoms. The van der Waals surface area contributed by atoms with Gasteiger partial charge in [0.1, 0.15) is 0 Å². The number of hydrogen-bond donors (Lipinski definition) is 1. The van der Waals surface area contributed by atoms with Gasteiger partial charge in [0.2, 0.25) is 0 Å². The third-order valence-corrected chi connectivity index (χ3v) is 3.20. The van der Waals surface area contributed by atoms with Crippen molar-refractivity contribution < 1.29 is 0 Å². The van der Waals surface area contributed by atoms with Crippen molar-refractivity contribution in [2.24, 2.45) is 0 Å². The predicted molar refractivity (Wildman–Crippen MR) is 68.7 cm³/mol. The molecule has 88 valence electrons. The van der Waals surface area contributed by atoms with Gasteiger partial charge in [-0.3, -0.25) is 0 Å². The van der Waals surface area contributed by atoms with Crippen molar-refractivity contribution in [3.05, 3.63) is 17.8 Å². The van der Waals surface area contributed by atoms with E-state index in [1.54, 1.807) is 0 Å². The van der Waals surface area contributed by atoms with E-state index in [0.29, 0.717) is 0 Å². The minimum absolute atomic E-state index is 0.811. The molecule has 2 N–H and O–H groups in total. The second-order valence-corrected chi connectivity index (χ2v) is 4.62. The van der Waals surface area contributed by atoms with E-state index in [-0.39, 0.29) is 0 Å². The van der Waals surface area contributed by atoms with Crippen LogP contribution in [0, 0.1) is 6.92 Å². The number of nitrogens with zero attached hydrogens (tertiary/aromatic N) is 2. The Bertz CT molecular complexity index is 341. The maximum atomic E-state index is 6.01. The van der Waals surface area contributed by atoms with Crippen LogP contribution in [0.1, 0.15) is 37.8 Å². The SMILES string of the molecule is Cc1ccc(N)c(N2CCCCCCC2)n1. The first-order chi connectivity index (χ1) is 7.77. The Balaban J connectivity index is 2.16. The van der Waals surface area contributed by atoms with E-state index in [0.717, 1.165) is 30.3 Å². The zero-order valence-corrected chi connectivity index (χ0v) is 10.1. The molecule has 0 spiro atoms. The van der Waals surface area contributed by atoms with Crippen molar-refractivity contribution >= 4 is 11.5 Å². The molecule has 1 aliphatic rings. The van der Waals surface area contributed by atoms with Gasteiger partial charge in [-0.25, -0.2) is 4.98 Å². The number of pyridine rings is 1. The summed E-state index contributed by atoms with van der Waals surface area (Å²) in [5.41, 5.74) is 7.86. The summed E-state index contributed by atoms with van der Waals surface area (Å²) in [7, 11) is 0. The highest BCUT2D eigenvalue weighted by Crippen LogP contribution is 2.23. The van der Waals surface area contributed by atoms with Gasteiger partial charge in [-0.1, -0.05) is 19.3 Å². The van der Waals surface area contributed by atoms with Crippen LogP contribution in [0.3, 0.4) is 0 Å². The van der Waals surface area contributed by atoms with Gasteiger partial charge in [0, 0.05) is 18.8 Å². The molecule has 0 unspecified atom stereocenters. The van der Waals surface area contributed by atoms with Crippen LogP contribution in [0.5, 0.6) is 0 Å². The van der Waals surface area contributed by atoms with E-state index in [4.69, 9.17) is 5.73 Å². The van der Waals surface area contributed by atoms with Crippen LogP contribution in [-0.2, 0) is 0 Å². The zero-order chi connectivity index (χ0) is 11.4. The molecule has 2 heterocycles. The van der Waals surface area contributed by atoms with Crippen LogP contribution in [0.15, 0.2) is 12.1 Å². The molecule has 1 fully saturated rings. The second kappa shape index (κ2) is 5.19. The summed E-state index contributed by atoms with van der Waals surface area (Å²) < 4.78 is 0. The van der Waals surface area contributed by atoms with Gasteiger partial charge in [0.05, 0.1) is 5.69 Å². The van der Waals surface area contributed by atoms with Crippen molar-refractivity contribution in [3.8, 4) is 0 Å². The van der Waals surface area contributed by atoms with Gasteiger partial charge in [-0.2, -0.15) is 0 Å². The number of nitrogens with two attached hydrogens (primary N) is 1. The molecule has 1 saturated heterocycles. The van der Waals surface area contributed by atoms with Crippen LogP contribution in [-0.4, -0.2) is 18.1 Å². The lowest BCUT2D eigenvalue weighted by atomic mass is 10.1. The molecule has 0 amide bonds. The van der Waals surface area contributed by atoms with E-state index < -0.39 is 0 Å². The molecule has 1 aromatic rings. The fourth-order valence-electron chi connectivity index (χ4n) is 2.27. The molecule has 0 atom stereocenters. The fourth-order valence-corrected chi connectivity index (χ4v) is 2.27. The molecule has 0 bridgehead atoms. The molecule has 0 saturated carbocycles. The average Bonchev–Trinajstić information content (AvgIpc) is 2.22. The smallest absolute Gasteiger partial charge is 0.152 e. The van der Waals surface area contributed by atoms with Crippen LogP contribution < -0.4 is 10.6 Å². The Kier molecular flexibility index (Phi) is 3.65. The summed E-state index contributed by atoms with van der Waals surface area (Å²) >= 11 is 0. The highest BCUT2D eigenvalue weighted by Gasteiger charge is 2.12. The van der Waals surface area contributed by atoms with Gasteiger partial charge in [-0.05, 0) is 31.9 Å². The lowest BCUT2D eigenvalue weighted by Crippen LogP contribution is -2.28. The number of anilines is 2. The van der Waals surface area contributed by atoms with Crippen molar-refractivity contribution in [2.75, 3.05) is 23.7 Å². The quantitative estimate of drug-likeness (QED) is 0.789. The van der Waals surface area contributed by atoms with E-state index >= 15 is 0 Å². The minimum atomic E-state index is 0.811. The number of hydrogen-bond acceptors (Lipinski definition) is 3. The predicted octanol–water partition coefficient (Wildman–Crippen LogP) is 2.74. The lowest BCUT2D eigenvalue weighted by Gasteiger charge is -2.27. The molecule has 0 aliphatic carbocycles. The molecule has 2 rings (SSSR count). The van der Waals surface area contributed by atoms with Crippen LogP contribution in [0.4, 0.5) is 11.5 Å². The topological polar surface area (TPSA) is 42.1 Å². The van der Waals surface area contributed by atoms with Crippen molar-refractivity contribution in [1.29, 1.82) is 0 Å². The maximum Gasteiger partial charge on any atom is 0.152 e. The Morgan fingerprint density at radius 3 is 2.38 bits per heavy atom. The molecule has 0 aromatic carbocycles. The van der Waals surface area contributed by atoms with E-state index in [2.05, 4.69) is 9.88 Å². The zero-order valence-electron chi connectivity index (χ0n) is 10.1. The molecule has 16 heavy (non-hydrogen) atoms. The Hall–Kier alpha value is -1.25. The summed E-state index contributed by atoms with van der Waals surface area (Å²) in [5, 5.41) is 0. The third-order valence-electron chi connectivity index (χ3n) is 3.20. The highest BCUT2D eigenvalue weighted by atomic mass is 15.2. The molecular weight excluding hydrogens is 198 g/mol. The number of nitrogen functional groups attached to an aromatic ring is 1. The normalized spacial score (nSPS) is 17.9. The fraction of sp³-hybridized carbons (Fsp3) is 0.615. The molecule has 1 aliphatic heterocycles. The summed E-state index contributed by atoms with van der Waals surface area (Å²) in [6.07, 6.45) is 6.57. The molecular formula is C13H21N3. The van der Waals surface area contributed by atoms with Gasteiger partial charge in [0.25, 0.3) is 0 Å². The van der Waals surface area contributed by atoms with E-state index in [1.165, 1.54) is 32.1 Å². The average molecular weight is 219 g/mol. The van der Waals surface area contributed by atoms with Crippen molar-refractivity contribution in [2.45, 2.75) is 39.0 Å². The lowest BCUT2D eigenvalue weighted by molar-refractivity contribution is 0.554. The maximum absolute atomic E-state index is 6.01. The molecule has 1 aromatic heterocycles. The summed E-state index contributed by atoms with van der Waals surface area (Å²) in [6, 6.07) is 3.94. The van der Waals surface area contributed by atoms with Crippen LogP contribution in [0.2, 0.25) is 0 Å². The van der Waals surface area contributed by atoms with Gasteiger partial charge in [0.15, 0.2) is 5.82 Å². The van der Waals surface area contributed by atoms with Crippen LogP contribution in [0.25, 0.3) is 0 Å². The first kappa shape index (κ1) is 11.2. The number of rotatable bonds is 1. The molecule has 0 radical (unpaired) electrons. The third kappa shape index (κ3) is 2.65. The standard InChI is InChI=1S/C13H21N3/c1-11-7-8-12(14)13(15-11)16-9-5-3-2-4-6-10-16/h7-8H,2-6,9-10,14H2,1H3. The van der Waals surface area contributed by atoms with Gasteiger partial charge in [-0.15, -0.1) is 0 Å². The summed E-state index contributed by atoms with van der Waals surface area (Å²) in [4.78, 5) is 6.92. The van der Waals surface area contributed by atoms with Crippen LogP contribution >= 0.6 is 0 Å². The number of aryl methyl sites for hydroxylation is 1. The highest BCUT2D eigenvalue weighted by molar-refractivity contribution is 5.62. The van der Waals surface area contributed by atoms with Gasteiger partial charge < -0.3 is 10.6 Å². The summed E-state index contributed by atoms with van der Waals surface area (Å²) in [5.74, 6) is 0.988. The van der Waals surface area contributed by atoms with Crippen molar-refractivity contribution in [3.63, 3.8) is 0 Å². The Morgan fingerprint density at radius 2 is 1.69 bits per heavy atom. The number of aromatic nitrogens is 1. The minimum Gasteiger partial charge on any atom is -0.396 e. The van der Waals surface area contributed by atoms with E-state index in [9.17, 15) is 0 Å². The molecule has 3 nitrogen and oxygen atoms in total. The van der Waals surface area contributed by atoms with E-state index in [1.807, 2.05) is 19.1 Å². The second-order valence-electron chi connectivity index (χ2n) is 4.62. The Morgan fingerprint density at radius 1 is 1.06 bits per heavy atom.